The first-order valence-electron chi connectivity index (χ1n) is 15.3. The molecular weight excluding hydrogens is 668 g/mol. The predicted molar refractivity (Wildman–Crippen MR) is 168 cm³/mol. The van der Waals surface area contributed by atoms with Gasteiger partial charge in [-0.15, -0.1) is 0 Å². The Kier molecular flexibility index (Phi) is 16.8. The highest BCUT2D eigenvalue weighted by Gasteiger charge is 2.40. The van der Waals surface area contributed by atoms with Gasteiger partial charge in [0, 0.05) is 13.5 Å². The normalized spacial score (nSPS) is 16.6. The van der Waals surface area contributed by atoms with E-state index in [2.05, 4.69) is 37.2 Å². The van der Waals surface area contributed by atoms with E-state index in [-0.39, 0.29) is 13.0 Å². The van der Waals surface area contributed by atoms with E-state index >= 15 is 0 Å². The number of nitrogens with two attached hydrogens (primary N) is 2. The van der Waals surface area contributed by atoms with Crippen LogP contribution in [0.15, 0.2) is 0 Å². The monoisotopic (exact) mass is 712 g/mol. The molecule has 1 saturated heterocycles. The van der Waals surface area contributed by atoms with Crippen molar-refractivity contribution in [3.8, 4) is 0 Å². The molecule has 1 aliphatic heterocycles. The highest BCUT2D eigenvalue weighted by atomic mass is 16.4. The minimum Gasteiger partial charge on any atom is -0.480 e. The van der Waals surface area contributed by atoms with Crippen molar-refractivity contribution in [3.05, 3.63) is 0 Å². The molecule has 278 valence electrons. The molecule has 0 aliphatic carbocycles. The molecule has 50 heavy (non-hydrogen) atoms. The zero-order chi connectivity index (χ0) is 38.3. The third-order valence-electron chi connectivity index (χ3n) is 7.08. The number of hydrogen-bond donors (Lipinski definition) is 10. The van der Waals surface area contributed by atoms with Gasteiger partial charge < -0.3 is 58.7 Å². The van der Waals surface area contributed by atoms with Crippen LogP contribution in [-0.2, 0) is 52.7 Å². The fourth-order valence-corrected chi connectivity index (χ4v) is 4.54. The van der Waals surface area contributed by atoms with Crippen molar-refractivity contribution in [1.29, 1.82) is 0 Å². The molecule has 0 spiro atoms. The number of carbonyl (C=O) groups excluding carboxylic acids is 10. The van der Waals surface area contributed by atoms with Crippen molar-refractivity contribution in [3.63, 3.8) is 0 Å². The van der Waals surface area contributed by atoms with Crippen molar-refractivity contribution >= 4 is 65.0 Å². The Labute approximate surface area is 285 Å². The third kappa shape index (κ3) is 14.5. The van der Waals surface area contributed by atoms with Crippen LogP contribution in [0.5, 0.6) is 0 Å². The van der Waals surface area contributed by atoms with E-state index in [9.17, 15) is 52.7 Å². The number of hydrogen-bond acceptors (Lipinski definition) is 11. The summed E-state index contributed by atoms with van der Waals surface area (Å²) in [7, 11) is 0. The Morgan fingerprint density at radius 2 is 1.20 bits per heavy atom. The van der Waals surface area contributed by atoms with Gasteiger partial charge in [0.1, 0.15) is 42.8 Å². The van der Waals surface area contributed by atoms with Gasteiger partial charge in [0.2, 0.25) is 59.1 Å². The van der Waals surface area contributed by atoms with Crippen molar-refractivity contribution in [2.24, 2.45) is 11.5 Å². The van der Waals surface area contributed by atoms with Crippen LogP contribution in [0.25, 0.3) is 0 Å². The minimum absolute atomic E-state index is 0.00677. The second-order valence-corrected chi connectivity index (χ2v) is 11.4. The number of carboxylic acids is 1. The largest absolute Gasteiger partial charge is 0.480 e. The third-order valence-corrected chi connectivity index (χ3v) is 7.08. The maximum atomic E-state index is 13.5. The summed E-state index contributed by atoms with van der Waals surface area (Å²) < 4.78 is 0. The molecule has 0 aromatic heterocycles. The molecule has 22 nitrogen and oxygen atoms in total. The van der Waals surface area contributed by atoms with E-state index in [1.165, 1.54) is 27.7 Å². The average molecular weight is 713 g/mol. The van der Waals surface area contributed by atoms with Crippen LogP contribution in [0.2, 0.25) is 0 Å². The van der Waals surface area contributed by atoms with E-state index < -0.39 is 127 Å². The van der Waals surface area contributed by atoms with E-state index in [1.807, 2.05) is 0 Å². The summed E-state index contributed by atoms with van der Waals surface area (Å²) in [5, 5.41) is 24.5. The van der Waals surface area contributed by atoms with Crippen LogP contribution in [0.4, 0.5) is 0 Å². The van der Waals surface area contributed by atoms with Crippen molar-refractivity contribution in [2.75, 3.05) is 19.6 Å². The SMILES string of the molecule is CC(=O)NCC(=O)N[C@@H](C)C(=O)N[C@@H](CC(N)=O)C(=O)N1CCC[C@H]1C(=O)N[C@@H](CC(N)=O)C(=O)N[C@@H](C)C(=O)N[C@@H](C)C(=O)NCC(=O)O. The number of nitrogens with one attached hydrogen (secondary N) is 7. The standard InChI is InChI=1S/C28H44N10O12/c1-12(23(45)32-11-22(43)44)34-24(46)14(3)35-26(48)16(8-19(29)40)36-27(49)18-6-5-7-38(18)28(50)17(9-20(30)41)37-25(47)13(2)33-21(42)10-31-15(4)39/h12-14,16-18H,5-11H2,1-4H3,(H2,29,40)(H2,30,41)(H,31,39)(H,32,45)(H,33,42)(H,34,46)(H,35,48)(H,36,49)(H,37,47)(H,43,44)/t12-,13-,14-,16-,17-,18-/m0/s1. The second-order valence-electron chi connectivity index (χ2n) is 11.4. The first kappa shape index (κ1) is 42.2. The molecule has 1 rings (SSSR count). The summed E-state index contributed by atoms with van der Waals surface area (Å²) in [5.41, 5.74) is 10.6. The van der Waals surface area contributed by atoms with E-state index in [0.717, 1.165) is 4.90 Å². The lowest BCUT2D eigenvalue weighted by Crippen LogP contribution is -2.59. The summed E-state index contributed by atoms with van der Waals surface area (Å²) in [4.78, 5) is 135. The first-order chi connectivity index (χ1) is 23.2. The van der Waals surface area contributed by atoms with Crippen LogP contribution in [-0.4, -0.2) is 131 Å². The number of rotatable bonds is 19. The quantitative estimate of drug-likeness (QED) is 0.0598. The maximum Gasteiger partial charge on any atom is 0.322 e. The number of amides is 10. The lowest BCUT2D eigenvalue weighted by molar-refractivity contribution is -0.143. The Morgan fingerprint density at radius 3 is 1.76 bits per heavy atom. The molecule has 10 amide bonds. The van der Waals surface area contributed by atoms with Gasteiger partial charge in [-0.3, -0.25) is 52.7 Å². The fraction of sp³-hybridized carbons (Fsp3) is 0.607. The zero-order valence-electron chi connectivity index (χ0n) is 28.0. The summed E-state index contributed by atoms with van der Waals surface area (Å²) in [6.45, 7) is 3.85. The number of likely N-dealkylation sites (tertiary alicyclic amines) is 1. The molecule has 12 N–H and O–H groups in total. The van der Waals surface area contributed by atoms with Gasteiger partial charge in [-0.1, -0.05) is 0 Å². The molecule has 0 radical (unpaired) electrons. The average Bonchev–Trinajstić information content (AvgIpc) is 3.51. The summed E-state index contributed by atoms with van der Waals surface area (Å²) in [5.74, 6) is -9.85. The van der Waals surface area contributed by atoms with E-state index in [4.69, 9.17) is 16.6 Å². The van der Waals surface area contributed by atoms with Crippen molar-refractivity contribution in [2.45, 2.75) is 89.6 Å². The zero-order valence-corrected chi connectivity index (χ0v) is 28.0. The lowest BCUT2D eigenvalue weighted by atomic mass is 10.1. The Hall–Kier alpha value is -5.83. The number of aliphatic carboxylic acids is 1. The van der Waals surface area contributed by atoms with Crippen molar-refractivity contribution < 1.29 is 57.8 Å². The molecule has 0 aromatic carbocycles. The molecule has 1 heterocycles. The van der Waals surface area contributed by atoms with Gasteiger partial charge in [-0.2, -0.15) is 0 Å². The van der Waals surface area contributed by atoms with E-state index in [0.29, 0.717) is 6.42 Å². The van der Waals surface area contributed by atoms with Gasteiger partial charge >= 0.3 is 5.97 Å². The summed E-state index contributed by atoms with van der Waals surface area (Å²) >= 11 is 0. The van der Waals surface area contributed by atoms with Crippen LogP contribution in [0.3, 0.4) is 0 Å². The Balaban J connectivity index is 2.99. The number of carbonyl (C=O) groups is 11. The summed E-state index contributed by atoms with van der Waals surface area (Å²) in [6.07, 6.45) is -1.02. The van der Waals surface area contributed by atoms with E-state index in [1.54, 1.807) is 0 Å². The molecule has 0 unspecified atom stereocenters. The van der Waals surface area contributed by atoms with Crippen LogP contribution >= 0.6 is 0 Å². The molecule has 1 aliphatic rings. The van der Waals surface area contributed by atoms with Gasteiger partial charge in [0.15, 0.2) is 0 Å². The molecular formula is C28H44N10O12. The van der Waals surface area contributed by atoms with Crippen molar-refractivity contribution in [1.82, 2.24) is 42.1 Å². The van der Waals surface area contributed by atoms with Crippen LogP contribution in [0, 0.1) is 0 Å². The van der Waals surface area contributed by atoms with Crippen LogP contribution < -0.4 is 48.7 Å². The van der Waals surface area contributed by atoms with Gasteiger partial charge in [0.05, 0.1) is 19.4 Å². The number of carboxylic acid groups (broad SMARTS) is 1. The molecule has 0 bridgehead atoms. The topological polar surface area (TPSA) is 347 Å². The molecule has 1 fully saturated rings. The molecule has 22 heteroatoms. The molecule has 0 saturated carbocycles. The maximum absolute atomic E-state index is 13.5. The summed E-state index contributed by atoms with van der Waals surface area (Å²) in [6, 6.07) is -8.13. The molecule has 6 atom stereocenters. The predicted octanol–water partition coefficient (Wildman–Crippen LogP) is -6.45. The number of primary amides is 2. The number of nitrogens with zero attached hydrogens (tertiary/aromatic N) is 1. The fourth-order valence-electron chi connectivity index (χ4n) is 4.54. The Morgan fingerprint density at radius 1 is 0.680 bits per heavy atom. The van der Waals surface area contributed by atoms with Gasteiger partial charge in [-0.25, -0.2) is 0 Å². The highest BCUT2D eigenvalue weighted by molar-refractivity contribution is 5.99. The second kappa shape index (κ2) is 19.9. The highest BCUT2D eigenvalue weighted by Crippen LogP contribution is 2.20. The molecule has 0 aromatic rings. The Bertz CT molecular complexity index is 1370. The first-order valence-corrected chi connectivity index (χ1v) is 15.3. The minimum atomic E-state index is -1.62. The van der Waals surface area contributed by atoms with Gasteiger partial charge in [0.25, 0.3) is 0 Å². The van der Waals surface area contributed by atoms with Gasteiger partial charge in [-0.05, 0) is 33.6 Å². The smallest absolute Gasteiger partial charge is 0.322 e. The van der Waals surface area contributed by atoms with Crippen LogP contribution in [0.1, 0.15) is 53.4 Å². The lowest BCUT2D eigenvalue weighted by Gasteiger charge is -2.30.